The van der Waals surface area contributed by atoms with E-state index in [9.17, 15) is 18.0 Å². The van der Waals surface area contributed by atoms with Crippen LogP contribution in [0.1, 0.15) is 28.6 Å². The van der Waals surface area contributed by atoms with E-state index in [2.05, 4.69) is 0 Å². The zero-order valence-corrected chi connectivity index (χ0v) is 13.7. The normalized spacial score (nSPS) is 20.9. The molecular formula is C18H19F3N2O2. The van der Waals surface area contributed by atoms with Gasteiger partial charge in [0.25, 0.3) is 0 Å². The van der Waals surface area contributed by atoms with Crippen molar-refractivity contribution >= 4 is 5.91 Å². The predicted molar refractivity (Wildman–Crippen MR) is 85.9 cm³/mol. The Hall–Kier alpha value is -2.28. The van der Waals surface area contributed by atoms with Gasteiger partial charge in [-0.15, -0.1) is 0 Å². The third-order valence-electron chi connectivity index (χ3n) is 4.51. The summed E-state index contributed by atoms with van der Waals surface area (Å²) in [7, 11) is 0. The zero-order valence-electron chi connectivity index (χ0n) is 13.7. The van der Waals surface area contributed by atoms with Gasteiger partial charge in [0, 0.05) is 19.1 Å². The van der Waals surface area contributed by atoms with Gasteiger partial charge in [0.05, 0.1) is 17.9 Å². The van der Waals surface area contributed by atoms with Crippen molar-refractivity contribution in [2.24, 2.45) is 5.73 Å². The number of aryl methyl sites for hydroxylation is 1. The number of nitrogens with two attached hydrogens (primary N) is 1. The Morgan fingerprint density at radius 2 is 1.96 bits per heavy atom. The lowest BCUT2D eigenvalue weighted by atomic mass is 10.0. The molecule has 1 aliphatic rings. The highest BCUT2D eigenvalue weighted by atomic mass is 19.4. The van der Waals surface area contributed by atoms with Crippen LogP contribution in [-0.4, -0.2) is 29.9 Å². The summed E-state index contributed by atoms with van der Waals surface area (Å²) in [6.45, 7) is 2.47. The number of amides is 1. The average Bonchev–Trinajstić information content (AvgIpc) is 3.12. The summed E-state index contributed by atoms with van der Waals surface area (Å²) in [6, 6.07) is 8.50. The molecule has 2 aromatic rings. The fraction of sp³-hybridized carbons (Fsp3) is 0.389. The highest BCUT2D eigenvalue weighted by Crippen LogP contribution is 2.33. The molecule has 2 heterocycles. The first-order chi connectivity index (χ1) is 11.8. The number of furan rings is 1. The first-order valence-electron chi connectivity index (χ1n) is 8.00. The molecule has 4 nitrogen and oxygen atoms in total. The lowest BCUT2D eigenvalue weighted by Gasteiger charge is -2.18. The van der Waals surface area contributed by atoms with E-state index in [4.69, 9.17) is 10.2 Å². The van der Waals surface area contributed by atoms with E-state index in [1.165, 1.54) is 23.1 Å². The van der Waals surface area contributed by atoms with Crippen LogP contribution in [0, 0.1) is 6.92 Å². The molecule has 25 heavy (non-hydrogen) atoms. The number of alkyl halides is 3. The summed E-state index contributed by atoms with van der Waals surface area (Å²) in [6.07, 6.45) is -4.78. The van der Waals surface area contributed by atoms with Crippen LogP contribution < -0.4 is 5.73 Å². The van der Waals surface area contributed by atoms with Crippen LogP contribution in [-0.2, 0) is 17.4 Å². The lowest BCUT2D eigenvalue weighted by Crippen LogP contribution is -2.33. The minimum Gasteiger partial charge on any atom is -0.466 e. The van der Waals surface area contributed by atoms with Crippen molar-refractivity contribution in [2.45, 2.75) is 31.5 Å². The Kier molecular flexibility index (Phi) is 4.60. The zero-order chi connectivity index (χ0) is 18.2. The van der Waals surface area contributed by atoms with E-state index in [1.54, 1.807) is 0 Å². The Bertz CT molecular complexity index is 770. The summed E-state index contributed by atoms with van der Waals surface area (Å²) < 4.78 is 44.8. The number of hydrogen-bond donors (Lipinski definition) is 1. The minimum atomic E-state index is -4.48. The van der Waals surface area contributed by atoms with Crippen LogP contribution in [0.25, 0.3) is 0 Å². The highest BCUT2D eigenvalue weighted by molar-refractivity contribution is 5.79. The topological polar surface area (TPSA) is 59.5 Å². The van der Waals surface area contributed by atoms with E-state index < -0.39 is 11.7 Å². The number of nitrogens with zero attached hydrogens (tertiary/aromatic N) is 1. The van der Waals surface area contributed by atoms with Crippen molar-refractivity contribution in [1.29, 1.82) is 0 Å². The molecule has 1 fully saturated rings. The molecule has 0 saturated carbocycles. The smallest absolute Gasteiger partial charge is 0.416 e. The summed E-state index contributed by atoms with van der Waals surface area (Å²) in [4.78, 5) is 14.0. The van der Waals surface area contributed by atoms with Crippen LogP contribution in [0.3, 0.4) is 0 Å². The number of hydrogen-bond acceptors (Lipinski definition) is 3. The number of benzene rings is 1. The Labute approximate surface area is 143 Å². The number of halogens is 3. The van der Waals surface area contributed by atoms with Gasteiger partial charge in [-0.05, 0) is 30.7 Å². The highest BCUT2D eigenvalue weighted by Gasteiger charge is 2.37. The molecule has 1 aromatic heterocycles. The molecule has 2 atom stereocenters. The standard InChI is InChI=1S/C18H19F3N2O2/c1-11-6-7-16(25-11)13-9-23(10-15(13)22)17(24)8-12-4-2-3-5-14(12)18(19,20)21/h2-7,13,15H,8-10,22H2,1H3/t13-,15-/m1/s1. The van der Waals surface area contributed by atoms with E-state index in [-0.39, 0.29) is 29.9 Å². The number of carbonyl (C=O) groups is 1. The largest absolute Gasteiger partial charge is 0.466 e. The summed E-state index contributed by atoms with van der Waals surface area (Å²) in [5.74, 6) is 0.954. The Morgan fingerprint density at radius 1 is 1.24 bits per heavy atom. The maximum Gasteiger partial charge on any atom is 0.416 e. The van der Waals surface area contributed by atoms with Gasteiger partial charge in [0.15, 0.2) is 0 Å². The molecule has 134 valence electrons. The summed E-state index contributed by atoms with van der Waals surface area (Å²) in [5, 5.41) is 0. The quantitative estimate of drug-likeness (QED) is 0.923. The molecule has 3 rings (SSSR count). The molecule has 1 saturated heterocycles. The van der Waals surface area contributed by atoms with Crippen molar-refractivity contribution in [3.05, 3.63) is 59.0 Å². The van der Waals surface area contributed by atoms with Crippen LogP contribution >= 0.6 is 0 Å². The third kappa shape index (κ3) is 3.71. The maximum atomic E-state index is 13.1. The van der Waals surface area contributed by atoms with Gasteiger partial charge >= 0.3 is 6.18 Å². The van der Waals surface area contributed by atoms with Gasteiger partial charge in [-0.1, -0.05) is 18.2 Å². The summed E-state index contributed by atoms with van der Waals surface area (Å²) in [5.41, 5.74) is 5.31. The Balaban J connectivity index is 1.73. The predicted octanol–water partition coefficient (Wildman–Crippen LogP) is 3.10. The second-order valence-corrected chi connectivity index (χ2v) is 6.35. The molecule has 0 unspecified atom stereocenters. The van der Waals surface area contributed by atoms with Crippen molar-refractivity contribution < 1.29 is 22.4 Å². The van der Waals surface area contributed by atoms with Gasteiger partial charge in [0.2, 0.25) is 5.91 Å². The SMILES string of the molecule is Cc1ccc([C@@H]2CN(C(=O)Cc3ccccc3C(F)(F)F)C[C@H]2N)o1. The first kappa shape index (κ1) is 17.5. The van der Waals surface area contributed by atoms with Gasteiger partial charge in [-0.2, -0.15) is 13.2 Å². The second-order valence-electron chi connectivity index (χ2n) is 6.35. The van der Waals surface area contributed by atoms with Gasteiger partial charge in [-0.3, -0.25) is 4.79 Å². The van der Waals surface area contributed by atoms with Crippen molar-refractivity contribution in [2.75, 3.05) is 13.1 Å². The monoisotopic (exact) mass is 352 g/mol. The molecule has 1 amide bonds. The van der Waals surface area contributed by atoms with Crippen LogP contribution in [0.15, 0.2) is 40.8 Å². The maximum absolute atomic E-state index is 13.1. The fourth-order valence-corrected chi connectivity index (χ4v) is 3.21. The van der Waals surface area contributed by atoms with Crippen molar-refractivity contribution in [3.8, 4) is 0 Å². The third-order valence-corrected chi connectivity index (χ3v) is 4.51. The average molecular weight is 352 g/mol. The minimum absolute atomic E-state index is 0.0223. The molecule has 0 aliphatic carbocycles. The van der Waals surface area contributed by atoms with Gasteiger partial charge in [-0.25, -0.2) is 0 Å². The van der Waals surface area contributed by atoms with Crippen molar-refractivity contribution in [3.63, 3.8) is 0 Å². The molecule has 7 heteroatoms. The van der Waals surface area contributed by atoms with Gasteiger partial charge in [0.1, 0.15) is 11.5 Å². The molecule has 1 aliphatic heterocycles. The van der Waals surface area contributed by atoms with E-state index in [0.29, 0.717) is 18.8 Å². The van der Waals surface area contributed by atoms with Gasteiger partial charge < -0.3 is 15.1 Å². The molecular weight excluding hydrogens is 333 g/mol. The molecule has 1 aromatic carbocycles. The number of rotatable bonds is 3. The Morgan fingerprint density at radius 3 is 2.60 bits per heavy atom. The molecule has 0 radical (unpaired) electrons. The first-order valence-corrected chi connectivity index (χ1v) is 8.00. The molecule has 0 spiro atoms. The molecule has 0 bridgehead atoms. The number of carbonyl (C=O) groups excluding carboxylic acids is 1. The lowest BCUT2D eigenvalue weighted by molar-refractivity contribution is -0.138. The fourth-order valence-electron chi connectivity index (χ4n) is 3.21. The number of likely N-dealkylation sites (tertiary alicyclic amines) is 1. The van der Waals surface area contributed by atoms with Crippen LogP contribution in [0.5, 0.6) is 0 Å². The van der Waals surface area contributed by atoms with Crippen LogP contribution in [0.4, 0.5) is 13.2 Å². The molecule has 2 N–H and O–H groups in total. The van der Waals surface area contributed by atoms with Crippen LogP contribution in [0.2, 0.25) is 0 Å². The van der Waals surface area contributed by atoms with E-state index in [1.807, 2.05) is 19.1 Å². The van der Waals surface area contributed by atoms with E-state index >= 15 is 0 Å². The van der Waals surface area contributed by atoms with Crippen molar-refractivity contribution in [1.82, 2.24) is 4.90 Å². The van der Waals surface area contributed by atoms with E-state index in [0.717, 1.165) is 11.8 Å². The summed E-state index contributed by atoms with van der Waals surface area (Å²) >= 11 is 0. The second kappa shape index (κ2) is 6.55.